The van der Waals surface area contributed by atoms with Crippen molar-refractivity contribution in [2.24, 2.45) is 0 Å². The summed E-state index contributed by atoms with van der Waals surface area (Å²) in [5.74, 6) is 4.10. The van der Waals surface area contributed by atoms with Crippen molar-refractivity contribution in [3.8, 4) is 90.7 Å². The van der Waals surface area contributed by atoms with Gasteiger partial charge in [0.25, 0.3) is 0 Å². The molecule has 12 aromatic rings. The molecule has 5 heteroatoms. The highest BCUT2D eigenvalue weighted by Crippen LogP contribution is 2.64. The van der Waals surface area contributed by atoms with Gasteiger partial charge in [-0.1, -0.05) is 188 Å². The van der Waals surface area contributed by atoms with Crippen LogP contribution in [-0.2, 0) is 10.8 Å². The average Bonchev–Trinajstić information content (AvgIpc) is 4.30. The van der Waals surface area contributed by atoms with Crippen molar-refractivity contribution in [3.05, 3.63) is 299 Å². The van der Waals surface area contributed by atoms with Gasteiger partial charge in [-0.3, -0.25) is 4.57 Å². The fourth-order valence-electron chi connectivity index (χ4n) is 13.3. The van der Waals surface area contributed by atoms with E-state index >= 15 is 0 Å². The van der Waals surface area contributed by atoms with Gasteiger partial charge in [-0.05, 0) is 127 Å². The van der Waals surface area contributed by atoms with E-state index in [1.54, 1.807) is 0 Å². The van der Waals surface area contributed by atoms with Gasteiger partial charge in [-0.25, -0.2) is 4.98 Å². The van der Waals surface area contributed by atoms with Crippen molar-refractivity contribution in [2.45, 2.75) is 10.8 Å². The summed E-state index contributed by atoms with van der Waals surface area (Å²) in [4.78, 5) is 5.53. The van der Waals surface area contributed by atoms with Crippen molar-refractivity contribution in [3.63, 3.8) is 0 Å². The minimum Gasteiger partial charge on any atom is -0.457 e. The zero-order valence-electron chi connectivity index (χ0n) is 40.3. The van der Waals surface area contributed by atoms with Gasteiger partial charge in [0.05, 0.1) is 33.5 Å². The third-order valence-corrected chi connectivity index (χ3v) is 16.4. The molecule has 0 amide bonds. The summed E-state index contributed by atoms with van der Waals surface area (Å²) in [5.41, 5.74) is 21.8. The molecule has 0 fully saturated rings. The molecule has 0 unspecified atom stereocenters. The van der Waals surface area contributed by atoms with Gasteiger partial charge >= 0.3 is 0 Å². The van der Waals surface area contributed by atoms with Gasteiger partial charge in [-0.2, -0.15) is 5.26 Å². The Morgan fingerprint density at radius 1 is 0.347 bits per heavy atom. The minimum atomic E-state index is -0.615. The van der Waals surface area contributed by atoms with Crippen LogP contribution in [0.2, 0.25) is 0 Å². The quantitative estimate of drug-likeness (QED) is 0.176. The maximum Gasteiger partial charge on any atom is 0.145 e. The monoisotopic (exact) mass is 955 g/mol. The maximum absolute atomic E-state index is 9.55. The zero-order valence-corrected chi connectivity index (χ0v) is 40.3. The molecule has 0 bridgehead atoms. The molecule has 5 nitrogen and oxygen atoms in total. The zero-order chi connectivity index (χ0) is 49.4. The standard InChI is InChI=1S/C70H41N3O2/c71-42-43-26-28-44(29-27-43)46-30-34-59-65(39-46)75-66-40-47(31-35-60(66)70(59)56-22-10-6-18-52(56)53-19-7-11-23-57(53)70)45-33-37-63-62(38-45)72-68(73(63)49-14-2-1-3-15-49)48-32-36-61-67(41-48)74-64-25-13-12-24-58(64)69(61)54-20-8-4-16-50(54)51-17-5-9-21-55(51)69/h1-41H. The Morgan fingerprint density at radius 2 is 0.747 bits per heavy atom. The van der Waals surface area contributed by atoms with E-state index in [0.717, 1.165) is 95.6 Å². The predicted molar refractivity (Wildman–Crippen MR) is 297 cm³/mol. The molecule has 0 atom stereocenters. The average molecular weight is 956 g/mol. The van der Waals surface area contributed by atoms with Crippen molar-refractivity contribution < 1.29 is 9.47 Å². The van der Waals surface area contributed by atoms with E-state index < -0.39 is 10.8 Å². The number of nitrogens with zero attached hydrogens (tertiary/aromatic N) is 3. The Balaban J connectivity index is 0.855. The fourth-order valence-corrected chi connectivity index (χ4v) is 13.3. The van der Waals surface area contributed by atoms with Crippen LogP contribution >= 0.6 is 0 Å². The number of hydrogen-bond donors (Lipinski definition) is 0. The molecule has 4 aliphatic rings. The molecule has 2 aliphatic carbocycles. The molecular weight excluding hydrogens is 915 g/mol. The van der Waals surface area contributed by atoms with Gasteiger partial charge in [0, 0.05) is 33.5 Å². The lowest BCUT2D eigenvalue weighted by atomic mass is 9.65. The second-order valence-electron chi connectivity index (χ2n) is 20.0. The molecular formula is C70H41N3O2. The summed E-state index contributed by atoms with van der Waals surface area (Å²) in [6.07, 6.45) is 0. The topological polar surface area (TPSA) is 60.1 Å². The van der Waals surface area contributed by atoms with Crippen molar-refractivity contribution >= 4 is 11.0 Å². The molecule has 11 aromatic carbocycles. The summed E-state index contributed by atoms with van der Waals surface area (Å²) in [6, 6.07) is 91.0. The Hall–Kier alpha value is -10.0. The van der Waals surface area contributed by atoms with Gasteiger partial charge in [-0.15, -0.1) is 0 Å². The van der Waals surface area contributed by atoms with Crippen LogP contribution in [0.25, 0.3) is 72.6 Å². The molecule has 0 saturated carbocycles. The normalized spacial score (nSPS) is 14.0. The Morgan fingerprint density at radius 3 is 1.29 bits per heavy atom. The first-order chi connectivity index (χ1) is 37.1. The molecule has 2 spiro atoms. The van der Waals surface area contributed by atoms with Crippen LogP contribution in [0.4, 0.5) is 0 Å². The number of ether oxygens (including phenoxy) is 2. The van der Waals surface area contributed by atoms with E-state index in [1.165, 1.54) is 44.5 Å². The van der Waals surface area contributed by atoms with Gasteiger partial charge in [0.1, 0.15) is 28.8 Å². The van der Waals surface area contributed by atoms with Crippen LogP contribution < -0.4 is 9.47 Å². The summed E-state index contributed by atoms with van der Waals surface area (Å²) in [5, 5.41) is 9.55. The maximum atomic E-state index is 9.55. The van der Waals surface area contributed by atoms with Gasteiger partial charge in [0.15, 0.2) is 0 Å². The Kier molecular flexibility index (Phi) is 8.59. The first kappa shape index (κ1) is 41.6. The first-order valence-corrected chi connectivity index (χ1v) is 25.5. The molecule has 0 saturated heterocycles. The molecule has 2 aliphatic heterocycles. The number of imidazole rings is 1. The smallest absolute Gasteiger partial charge is 0.145 e. The van der Waals surface area contributed by atoms with Crippen LogP contribution in [-0.4, -0.2) is 9.55 Å². The number of rotatable bonds is 4. The minimum absolute atomic E-state index is 0.553. The molecule has 75 heavy (non-hydrogen) atoms. The SMILES string of the molecule is N#Cc1ccc(-c2ccc3c(c2)Oc2cc(-c4ccc5c(c4)nc(-c4ccc6c(c4)Oc4ccccc4C64c6ccccc6-c6ccccc64)n5-c4ccccc4)ccc2C32c3ccccc3-c3ccccc32)cc1. The molecule has 348 valence electrons. The molecule has 1 aromatic heterocycles. The summed E-state index contributed by atoms with van der Waals surface area (Å²) in [7, 11) is 0. The predicted octanol–water partition coefficient (Wildman–Crippen LogP) is 16.8. The molecule has 0 N–H and O–H groups in total. The third-order valence-electron chi connectivity index (χ3n) is 16.4. The lowest BCUT2D eigenvalue weighted by Crippen LogP contribution is -2.32. The van der Waals surface area contributed by atoms with Crippen LogP contribution in [0, 0.1) is 11.3 Å². The second-order valence-corrected chi connectivity index (χ2v) is 20.0. The molecule has 0 radical (unpaired) electrons. The Labute approximate surface area is 433 Å². The van der Waals surface area contributed by atoms with E-state index in [2.05, 4.69) is 235 Å². The molecule has 16 rings (SSSR count). The number of para-hydroxylation sites is 2. The first-order valence-electron chi connectivity index (χ1n) is 25.5. The Bertz CT molecular complexity index is 4350. The number of hydrogen-bond acceptors (Lipinski definition) is 4. The van der Waals surface area contributed by atoms with Crippen LogP contribution in [0.1, 0.15) is 50.1 Å². The van der Waals surface area contributed by atoms with E-state index in [0.29, 0.717) is 5.56 Å². The fraction of sp³-hybridized carbons (Fsp3) is 0.0286. The van der Waals surface area contributed by atoms with Crippen LogP contribution in [0.15, 0.2) is 249 Å². The number of benzene rings is 11. The number of aromatic nitrogens is 2. The van der Waals surface area contributed by atoms with E-state index in [1.807, 2.05) is 24.3 Å². The number of nitriles is 1. The van der Waals surface area contributed by atoms with Crippen LogP contribution in [0.3, 0.4) is 0 Å². The highest BCUT2D eigenvalue weighted by atomic mass is 16.5. The lowest BCUT2D eigenvalue weighted by molar-refractivity contribution is 0.436. The van der Waals surface area contributed by atoms with Crippen molar-refractivity contribution in [2.75, 3.05) is 0 Å². The van der Waals surface area contributed by atoms with Crippen molar-refractivity contribution in [1.29, 1.82) is 5.26 Å². The number of fused-ring (bicyclic) bond motifs is 19. The summed E-state index contributed by atoms with van der Waals surface area (Å²) < 4.78 is 16.4. The van der Waals surface area contributed by atoms with Crippen LogP contribution in [0.5, 0.6) is 23.0 Å². The second kappa shape index (κ2) is 15.5. The summed E-state index contributed by atoms with van der Waals surface area (Å²) >= 11 is 0. The third kappa shape index (κ3) is 5.63. The van der Waals surface area contributed by atoms with E-state index in [4.69, 9.17) is 14.5 Å². The van der Waals surface area contributed by atoms with Crippen molar-refractivity contribution in [1.82, 2.24) is 9.55 Å². The largest absolute Gasteiger partial charge is 0.457 e. The summed E-state index contributed by atoms with van der Waals surface area (Å²) in [6.45, 7) is 0. The van der Waals surface area contributed by atoms with E-state index in [-0.39, 0.29) is 0 Å². The molecule has 3 heterocycles. The lowest BCUT2D eigenvalue weighted by Gasteiger charge is -2.39. The van der Waals surface area contributed by atoms with E-state index in [9.17, 15) is 5.26 Å². The highest BCUT2D eigenvalue weighted by Gasteiger charge is 2.52. The van der Waals surface area contributed by atoms with Gasteiger partial charge < -0.3 is 9.47 Å². The van der Waals surface area contributed by atoms with Gasteiger partial charge in [0.2, 0.25) is 0 Å². The highest BCUT2D eigenvalue weighted by molar-refractivity contribution is 5.93.